The van der Waals surface area contributed by atoms with Crippen molar-refractivity contribution < 1.29 is 33.3 Å². The zero-order chi connectivity index (χ0) is 25.3. The highest BCUT2D eigenvalue weighted by molar-refractivity contribution is 6.14. The smallest absolute Gasteiger partial charge is 0.347 e. The SMILES string of the molecule is Cc1cc(COc2ccc3c(c2)O/C(=C\c2ccc(F)cc2)C3=O)cc(C)c1OC(C)(C)C(=O)O. The third kappa shape index (κ3) is 5.19. The molecular weight excluding hydrogens is 451 g/mol. The van der Waals surface area contributed by atoms with Gasteiger partial charge in [0.1, 0.15) is 29.7 Å². The molecular formula is C28H25FO6. The molecule has 0 unspecified atom stereocenters. The number of benzene rings is 3. The average Bonchev–Trinajstić information content (AvgIpc) is 3.11. The van der Waals surface area contributed by atoms with Gasteiger partial charge in [-0.3, -0.25) is 4.79 Å². The fraction of sp³-hybridized carbons (Fsp3) is 0.214. The number of carbonyl (C=O) groups is 2. The molecule has 0 saturated carbocycles. The van der Waals surface area contributed by atoms with Gasteiger partial charge in [-0.1, -0.05) is 12.1 Å². The second-order valence-electron chi connectivity index (χ2n) is 8.91. The van der Waals surface area contributed by atoms with Crippen LogP contribution in [0.25, 0.3) is 6.08 Å². The predicted molar refractivity (Wildman–Crippen MR) is 128 cm³/mol. The molecule has 1 heterocycles. The van der Waals surface area contributed by atoms with Gasteiger partial charge in [0.15, 0.2) is 11.4 Å². The Labute approximate surface area is 202 Å². The van der Waals surface area contributed by atoms with E-state index in [1.807, 2.05) is 26.0 Å². The number of aliphatic carboxylic acids is 1. The minimum absolute atomic E-state index is 0.162. The van der Waals surface area contributed by atoms with Crippen LogP contribution in [0.4, 0.5) is 4.39 Å². The molecule has 4 rings (SSSR count). The summed E-state index contributed by atoms with van der Waals surface area (Å²) in [6.45, 7) is 6.98. The molecule has 0 amide bonds. The van der Waals surface area contributed by atoms with Gasteiger partial charge in [-0.2, -0.15) is 0 Å². The number of ether oxygens (including phenoxy) is 3. The molecule has 0 atom stereocenters. The van der Waals surface area contributed by atoms with E-state index in [0.29, 0.717) is 28.4 Å². The van der Waals surface area contributed by atoms with Crippen LogP contribution in [-0.4, -0.2) is 22.5 Å². The highest BCUT2D eigenvalue weighted by Crippen LogP contribution is 2.35. The summed E-state index contributed by atoms with van der Waals surface area (Å²) >= 11 is 0. The van der Waals surface area contributed by atoms with Gasteiger partial charge in [-0.05, 0) is 92.4 Å². The molecule has 3 aromatic carbocycles. The van der Waals surface area contributed by atoms with Gasteiger partial charge < -0.3 is 19.3 Å². The monoisotopic (exact) mass is 476 g/mol. The minimum Gasteiger partial charge on any atom is -0.489 e. The number of allylic oxidation sites excluding steroid dienone is 1. The summed E-state index contributed by atoms with van der Waals surface area (Å²) in [5.41, 5.74) is 2.23. The van der Waals surface area contributed by atoms with E-state index in [-0.39, 0.29) is 24.0 Å². The number of halogens is 1. The fourth-order valence-electron chi connectivity index (χ4n) is 3.72. The number of carboxylic acids is 1. The molecule has 180 valence electrons. The predicted octanol–water partition coefficient (Wildman–Crippen LogP) is 5.88. The van der Waals surface area contributed by atoms with Gasteiger partial charge in [0, 0.05) is 6.07 Å². The second kappa shape index (κ2) is 9.25. The standard InChI is InChI=1S/C28H25FO6/c1-16-11-19(12-17(2)26(16)35-28(3,4)27(31)32)15-33-21-9-10-22-23(14-21)34-24(25(22)30)13-18-5-7-20(29)8-6-18/h5-14H,15H2,1-4H3,(H,31,32)/b24-13-. The Kier molecular flexibility index (Phi) is 6.35. The first-order valence-corrected chi connectivity index (χ1v) is 11.0. The van der Waals surface area contributed by atoms with Gasteiger partial charge >= 0.3 is 5.97 Å². The van der Waals surface area contributed by atoms with Crippen LogP contribution in [0, 0.1) is 19.7 Å². The quantitative estimate of drug-likeness (QED) is 0.429. The van der Waals surface area contributed by atoms with Crippen molar-refractivity contribution in [2.75, 3.05) is 0 Å². The summed E-state index contributed by atoms with van der Waals surface area (Å²) in [5.74, 6) is -0.0257. The lowest BCUT2D eigenvalue weighted by atomic mass is 10.0. The van der Waals surface area contributed by atoms with Crippen molar-refractivity contribution in [1.29, 1.82) is 0 Å². The van der Waals surface area contributed by atoms with E-state index >= 15 is 0 Å². The number of carbonyl (C=O) groups excluding carboxylic acids is 1. The summed E-state index contributed by atoms with van der Waals surface area (Å²) in [6.07, 6.45) is 1.57. The van der Waals surface area contributed by atoms with Crippen molar-refractivity contribution in [3.8, 4) is 17.2 Å². The summed E-state index contributed by atoms with van der Waals surface area (Å²) in [6, 6.07) is 14.6. The molecule has 3 aromatic rings. The molecule has 0 aromatic heterocycles. The summed E-state index contributed by atoms with van der Waals surface area (Å²) in [5, 5.41) is 9.34. The number of aryl methyl sites for hydroxylation is 2. The Morgan fingerprint density at radius 1 is 1.06 bits per heavy atom. The third-order valence-corrected chi connectivity index (χ3v) is 5.61. The number of Topliss-reactive ketones (excluding diaryl/α,β-unsaturated/α-hetero) is 1. The maximum atomic E-state index is 13.1. The summed E-state index contributed by atoms with van der Waals surface area (Å²) in [4.78, 5) is 24.1. The molecule has 1 aliphatic rings. The summed E-state index contributed by atoms with van der Waals surface area (Å²) in [7, 11) is 0. The van der Waals surface area contributed by atoms with Crippen LogP contribution in [0.5, 0.6) is 17.2 Å². The van der Waals surface area contributed by atoms with Gasteiger partial charge in [0.2, 0.25) is 5.78 Å². The molecule has 1 aliphatic heterocycles. The maximum Gasteiger partial charge on any atom is 0.347 e. The minimum atomic E-state index is -1.35. The second-order valence-corrected chi connectivity index (χ2v) is 8.91. The van der Waals surface area contributed by atoms with E-state index in [4.69, 9.17) is 14.2 Å². The molecule has 0 bridgehead atoms. The Hall–Kier alpha value is -4.13. The van der Waals surface area contributed by atoms with E-state index < -0.39 is 11.6 Å². The van der Waals surface area contributed by atoms with E-state index in [1.165, 1.54) is 26.0 Å². The van der Waals surface area contributed by atoms with Crippen molar-refractivity contribution >= 4 is 17.8 Å². The first kappa shape index (κ1) is 24.0. The molecule has 0 aliphatic carbocycles. The van der Waals surface area contributed by atoms with Crippen LogP contribution in [-0.2, 0) is 11.4 Å². The Morgan fingerprint density at radius 2 is 1.71 bits per heavy atom. The number of carboxylic acid groups (broad SMARTS) is 1. The number of hydrogen-bond donors (Lipinski definition) is 1. The molecule has 7 heteroatoms. The molecule has 0 radical (unpaired) electrons. The normalized spacial score (nSPS) is 14.0. The van der Waals surface area contributed by atoms with Crippen molar-refractivity contribution in [3.63, 3.8) is 0 Å². The zero-order valence-electron chi connectivity index (χ0n) is 19.8. The Balaban J connectivity index is 1.47. The van der Waals surface area contributed by atoms with Crippen LogP contribution in [0.1, 0.15) is 46.5 Å². The first-order chi connectivity index (χ1) is 16.5. The van der Waals surface area contributed by atoms with Crippen LogP contribution in [0.2, 0.25) is 0 Å². The lowest BCUT2D eigenvalue weighted by Crippen LogP contribution is -2.38. The largest absolute Gasteiger partial charge is 0.489 e. The Morgan fingerprint density at radius 3 is 2.34 bits per heavy atom. The van der Waals surface area contributed by atoms with E-state index in [0.717, 1.165) is 16.7 Å². The fourth-order valence-corrected chi connectivity index (χ4v) is 3.72. The van der Waals surface area contributed by atoms with Gasteiger partial charge in [0.25, 0.3) is 0 Å². The molecule has 0 saturated heterocycles. The number of ketones is 1. The van der Waals surface area contributed by atoms with Crippen molar-refractivity contribution in [3.05, 3.63) is 94.0 Å². The highest BCUT2D eigenvalue weighted by atomic mass is 19.1. The van der Waals surface area contributed by atoms with Crippen LogP contribution < -0.4 is 14.2 Å². The zero-order valence-corrected chi connectivity index (χ0v) is 19.8. The molecule has 35 heavy (non-hydrogen) atoms. The van der Waals surface area contributed by atoms with Crippen LogP contribution in [0.15, 0.2) is 60.4 Å². The third-order valence-electron chi connectivity index (χ3n) is 5.61. The van der Waals surface area contributed by atoms with E-state index in [1.54, 1.807) is 36.4 Å². The summed E-state index contributed by atoms with van der Waals surface area (Å²) < 4.78 is 30.5. The van der Waals surface area contributed by atoms with Crippen LogP contribution >= 0.6 is 0 Å². The van der Waals surface area contributed by atoms with Gasteiger partial charge in [-0.25, -0.2) is 9.18 Å². The van der Waals surface area contributed by atoms with Crippen molar-refractivity contribution in [1.82, 2.24) is 0 Å². The first-order valence-electron chi connectivity index (χ1n) is 11.0. The molecule has 0 fully saturated rings. The van der Waals surface area contributed by atoms with E-state index in [9.17, 15) is 19.1 Å². The van der Waals surface area contributed by atoms with Crippen molar-refractivity contribution in [2.24, 2.45) is 0 Å². The molecule has 6 nitrogen and oxygen atoms in total. The number of fused-ring (bicyclic) bond motifs is 1. The molecule has 1 N–H and O–H groups in total. The lowest BCUT2D eigenvalue weighted by Gasteiger charge is -2.24. The number of rotatable bonds is 7. The lowest BCUT2D eigenvalue weighted by molar-refractivity contribution is -0.152. The topological polar surface area (TPSA) is 82.1 Å². The average molecular weight is 477 g/mol. The Bertz CT molecular complexity index is 1320. The van der Waals surface area contributed by atoms with Gasteiger partial charge in [0.05, 0.1) is 5.56 Å². The van der Waals surface area contributed by atoms with E-state index in [2.05, 4.69) is 0 Å². The maximum absolute atomic E-state index is 13.1. The van der Waals surface area contributed by atoms with Gasteiger partial charge in [-0.15, -0.1) is 0 Å². The van der Waals surface area contributed by atoms with Crippen molar-refractivity contribution in [2.45, 2.75) is 39.9 Å². The number of hydrogen-bond acceptors (Lipinski definition) is 5. The van der Waals surface area contributed by atoms with Crippen LogP contribution in [0.3, 0.4) is 0 Å². The highest BCUT2D eigenvalue weighted by Gasteiger charge is 2.31. The molecule has 0 spiro atoms.